The fourth-order valence-electron chi connectivity index (χ4n) is 2.48. The van der Waals surface area contributed by atoms with Gasteiger partial charge in [-0.05, 0) is 25.3 Å². The van der Waals surface area contributed by atoms with Gasteiger partial charge in [-0.25, -0.2) is 4.79 Å². The first-order valence-corrected chi connectivity index (χ1v) is 6.87. The number of hydrogen-bond acceptors (Lipinski definition) is 3. The Kier molecular flexibility index (Phi) is 4.55. The van der Waals surface area contributed by atoms with E-state index in [1.165, 1.54) is 12.1 Å². The van der Waals surface area contributed by atoms with Gasteiger partial charge in [-0.1, -0.05) is 25.0 Å². The van der Waals surface area contributed by atoms with Crippen LogP contribution in [-0.4, -0.2) is 17.0 Å². The van der Waals surface area contributed by atoms with E-state index in [9.17, 15) is 14.9 Å². The van der Waals surface area contributed by atoms with E-state index < -0.39 is 4.92 Å². The van der Waals surface area contributed by atoms with Crippen LogP contribution < -0.4 is 10.6 Å². The number of carbonyl (C=O) groups is 1. The van der Waals surface area contributed by atoms with Crippen molar-refractivity contribution >= 4 is 11.7 Å². The molecule has 6 nitrogen and oxygen atoms in total. The zero-order valence-electron chi connectivity index (χ0n) is 11.5. The highest BCUT2D eigenvalue weighted by Gasteiger charge is 2.18. The van der Waals surface area contributed by atoms with Gasteiger partial charge in [0.15, 0.2) is 0 Å². The third-order valence-electron chi connectivity index (χ3n) is 3.62. The minimum absolute atomic E-state index is 0.0346. The number of non-ortho nitro benzene ring substituents is 1. The summed E-state index contributed by atoms with van der Waals surface area (Å²) in [4.78, 5) is 22.1. The Morgan fingerprint density at radius 1 is 1.40 bits per heavy atom. The molecule has 0 heterocycles. The molecule has 0 saturated heterocycles. The first-order valence-electron chi connectivity index (χ1n) is 6.87. The molecule has 0 spiro atoms. The lowest BCUT2D eigenvalue weighted by atomic mass is 10.1. The van der Waals surface area contributed by atoms with Gasteiger partial charge in [0.1, 0.15) is 0 Å². The fraction of sp³-hybridized carbons (Fsp3) is 0.500. The molecule has 2 rings (SSSR count). The van der Waals surface area contributed by atoms with Crippen LogP contribution in [0.1, 0.15) is 44.2 Å². The van der Waals surface area contributed by atoms with E-state index in [1.54, 1.807) is 12.1 Å². The predicted molar refractivity (Wildman–Crippen MR) is 75.4 cm³/mol. The van der Waals surface area contributed by atoms with Gasteiger partial charge in [0.2, 0.25) is 0 Å². The molecular formula is C14H19N3O3. The molecule has 1 aromatic rings. The molecule has 20 heavy (non-hydrogen) atoms. The number of amides is 2. The highest BCUT2D eigenvalue weighted by atomic mass is 16.6. The van der Waals surface area contributed by atoms with E-state index >= 15 is 0 Å². The van der Waals surface area contributed by atoms with Crippen LogP contribution in [0.25, 0.3) is 0 Å². The summed E-state index contributed by atoms with van der Waals surface area (Å²) in [6.45, 7) is 1.81. The molecule has 1 saturated carbocycles. The van der Waals surface area contributed by atoms with Gasteiger partial charge in [-0.2, -0.15) is 0 Å². The van der Waals surface area contributed by atoms with Crippen LogP contribution in [0.2, 0.25) is 0 Å². The Bertz CT molecular complexity index is 498. The minimum atomic E-state index is -0.436. The lowest BCUT2D eigenvalue weighted by molar-refractivity contribution is -0.384. The second-order valence-electron chi connectivity index (χ2n) is 5.17. The van der Waals surface area contributed by atoms with E-state index in [4.69, 9.17) is 0 Å². The Balaban J connectivity index is 1.93. The summed E-state index contributed by atoms with van der Waals surface area (Å²) in [5, 5.41) is 16.5. The van der Waals surface area contributed by atoms with Crippen LogP contribution in [0.5, 0.6) is 0 Å². The van der Waals surface area contributed by atoms with Gasteiger partial charge >= 0.3 is 6.03 Å². The summed E-state index contributed by atoms with van der Waals surface area (Å²) in [5.74, 6) is 0. The fourth-order valence-corrected chi connectivity index (χ4v) is 2.48. The zero-order valence-corrected chi connectivity index (χ0v) is 11.5. The zero-order chi connectivity index (χ0) is 14.5. The molecule has 1 fully saturated rings. The SMILES string of the molecule is CC(NC(=O)NC1CCCC1)c1cccc([N+](=O)[O-])c1. The van der Waals surface area contributed by atoms with Gasteiger partial charge < -0.3 is 10.6 Å². The second kappa shape index (κ2) is 6.36. The summed E-state index contributed by atoms with van der Waals surface area (Å²) < 4.78 is 0. The van der Waals surface area contributed by atoms with Gasteiger partial charge in [0, 0.05) is 18.2 Å². The second-order valence-corrected chi connectivity index (χ2v) is 5.17. The van der Waals surface area contributed by atoms with Gasteiger partial charge in [0.05, 0.1) is 11.0 Å². The molecule has 0 aromatic heterocycles. The molecule has 0 radical (unpaired) electrons. The lowest BCUT2D eigenvalue weighted by Crippen LogP contribution is -2.41. The van der Waals surface area contributed by atoms with Gasteiger partial charge in [-0.3, -0.25) is 10.1 Å². The average molecular weight is 277 g/mol. The number of nitro groups is 1. The summed E-state index contributed by atoms with van der Waals surface area (Å²) in [6, 6.07) is 6.10. The smallest absolute Gasteiger partial charge is 0.315 e. The molecule has 2 N–H and O–H groups in total. The number of nitro benzene ring substituents is 1. The average Bonchev–Trinajstić information content (AvgIpc) is 2.91. The first-order chi connectivity index (χ1) is 9.56. The maximum absolute atomic E-state index is 11.8. The van der Waals surface area contributed by atoms with Crippen molar-refractivity contribution in [1.29, 1.82) is 0 Å². The standard InChI is InChI=1S/C14H19N3O3/c1-10(11-5-4-8-13(9-11)17(19)20)15-14(18)16-12-6-2-3-7-12/h4-5,8-10,12H,2-3,6-7H2,1H3,(H2,15,16,18). The number of benzene rings is 1. The highest BCUT2D eigenvalue weighted by molar-refractivity contribution is 5.74. The normalized spacial score (nSPS) is 16.6. The van der Waals surface area contributed by atoms with Crippen molar-refractivity contribution in [2.24, 2.45) is 0 Å². The monoisotopic (exact) mass is 277 g/mol. The number of nitrogens with one attached hydrogen (secondary N) is 2. The Morgan fingerprint density at radius 2 is 2.10 bits per heavy atom. The summed E-state index contributed by atoms with van der Waals surface area (Å²) in [5.41, 5.74) is 0.758. The van der Waals surface area contributed by atoms with Crippen molar-refractivity contribution < 1.29 is 9.72 Å². The summed E-state index contributed by atoms with van der Waals surface area (Å²) in [7, 11) is 0. The number of carbonyl (C=O) groups excluding carboxylic acids is 1. The van der Waals surface area contributed by atoms with Gasteiger partial charge in [-0.15, -0.1) is 0 Å². The van der Waals surface area contributed by atoms with Crippen LogP contribution in [0.3, 0.4) is 0 Å². The largest absolute Gasteiger partial charge is 0.335 e. The number of urea groups is 1. The predicted octanol–water partition coefficient (Wildman–Crippen LogP) is 2.90. The molecule has 1 unspecified atom stereocenters. The molecule has 1 aliphatic rings. The molecule has 0 bridgehead atoms. The van der Waals surface area contributed by atoms with E-state index in [1.807, 2.05) is 6.92 Å². The third kappa shape index (κ3) is 3.69. The van der Waals surface area contributed by atoms with Crippen LogP contribution in [-0.2, 0) is 0 Å². The number of rotatable bonds is 4. The minimum Gasteiger partial charge on any atom is -0.335 e. The van der Waals surface area contributed by atoms with E-state index in [-0.39, 0.29) is 23.8 Å². The highest BCUT2D eigenvalue weighted by Crippen LogP contribution is 2.20. The van der Waals surface area contributed by atoms with E-state index in [0.29, 0.717) is 0 Å². The van der Waals surface area contributed by atoms with Crippen molar-refractivity contribution in [2.45, 2.75) is 44.7 Å². The number of nitrogens with zero attached hydrogens (tertiary/aromatic N) is 1. The first kappa shape index (κ1) is 14.3. The number of hydrogen-bond donors (Lipinski definition) is 2. The molecule has 6 heteroatoms. The van der Waals surface area contributed by atoms with Crippen molar-refractivity contribution in [3.63, 3.8) is 0 Å². The lowest BCUT2D eigenvalue weighted by Gasteiger charge is -2.17. The van der Waals surface area contributed by atoms with E-state index in [0.717, 1.165) is 31.2 Å². The van der Waals surface area contributed by atoms with Crippen LogP contribution in [0.4, 0.5) is 10.5 Å². The molecule has 0 aliphatic heterocycles. The molecule has 2 amide bonds. The van der Waals surface area contributed by atoms with Crippen LogP contribution >= 0.6 is 0 Å². The molecule has 108 valence electrons. The maximum atomic E-state index is 11.8. The third-order valence-corrected chi connectivity index (χ3v) is 3.62. The van der Waals surface area contributed by atoms with Crippen molar-refractivity contribution in [1.82, 2.24) is 10.6 Å². The summed E-state index contributed by atoms with van der Waals surface area (Å²) >= 11 is 0. The maximum Gasteiger partial charge on any atom is 0.315 e. The molecular weight excluding hydrogens is 258 g/mol. The molecule has 1 atom stereocenters. The quantitative estimate of drug-likeness (QED) is 0.655. The van der Waals surface area contributed by atoms with Crippen LogP contribution in [0.15, 0.2) is 24.3 Å². The Morgan fingerprint density at radius 3 is 2.75 bits per heavy atom. The summed E-state index contributed by atoms with van der Waals surface area (Å²) in [6.07, 6.45) is 4.37. The molecule has 1 aromatic carbocycles. The van der Waals surface area contributed by atoms with Crippen molar-refractivity contribution in [3.05, 3.63) is 39.9 Å². The van der Waals surface area contributed by atoms with Crippen molar-refractivity contribution in [3.8, 4) is 0 Å². The van der Waals surface area contributed by atoms with Gasteiger partial charge in [0.25, 0.3) is 5.69 Å². The van der Waals surface area contributed by atoms with E-state index in [2.05, 4.69) is 10.6 Å². The Hall–Kier alpha value is -2.11. The van der Waals surface area contributed by atoms with Crippen LogP contribution in [0, 0.1) is 10.1 Å². The molecule has 1 aliphatic carbocycles. The van der Waals surface area contributed by atoms with Crippen molar-refractivity contribution in [2.75, 3.05) is 0 Å². The topological polar surface area (TPSA) is 84.3 Å². The Labute approximate surface area is 117 Å².